The Kier molecular flexibility index (Phi) is 5.10. The summed E-state index contributed by atoms with van der Waals surface area (Å²) in [5.41, 5.74) is 5.40. The molecule has 4 aromatic rings. The number of para-hydroxylation sites is 1. The predicted molar refractivity (Wildman–Crippen MR) is 115 cm³/mol. The molecule has 4 rings (SSSR count). The first-order chi connectivity index (χ1) is 14.4. The van der Waals surface area contributed by atoms with Gasteiger partial charge in [-0.1, -0.05) is 35.9 Å². The van der Waals surface area contributed by atoms with E-state index in [0.29, 0.717) is 16.9 Å². The molecular weight excluding hydrogens is 380 g/mol. The highest BCUT2D eigenvalue weighted by molar-refractivity contribution is 6.05. The number of H-pyrrole nitrogens is 1. The Balaban J connectivity index is 1.44. The number of aromatic nitrogens is 3. The minimum Gasteiger partial charge on any atom is -0.452 e. The third-order valence-electron chi connectivity index (χ3n) is 4.98. The summed E-state index contributed by atoms with van der Waals surface area (Å²) >= 11 is 0. The molecule has 2 N–H and O–H groups in total. The average Bonchev–Trinajstić information content (AvgIpc) is 3.29. The number of hydrogen-bond acceptors (Lipinski definition) is 4. The number of carbonyl (C=O) groups excluding carboxylic acids is 2. The third-order valence-corrected chi connectivity index (χ3v) is 4.98. The van der Waals surface area contributed by atoms with Gasteiger partial charge in [-0.25, -0.2) is 9.48 Å². The first-order valence-corrected chi connectivity index (χ1v) is 9.60. The van der Waals surface area contributed by atoms with Crippen molar-refractivity contribution in [3.8, 4) is 5.69 Å². The van der Waals surface area contributed by atoms with Gasteiger partial charge in [0, 0.05) is 17.1 Å². The lowest BCUT2D eigenvalue weighted by Crippen LogP contribution is -2.21. The molecule has 0 aliphatic heterocycles. The Hall–Kier alpha value is -3.87. The molecule has 0 aliphatic carbocycles. The van der Waals surface area contributed by atoms with Gasteiger partial charge in [0.05, 0.1) is 28.3 Å². The fraction of sp³-hybridized carbons (Fsp3) is 0.174. The fourth-order valence-electron chi connectivity index (χ4n) is 3.39. The van der Waals surface area contributed by atoms with E-state index in [1.165, 1.54) is 0 Å². The number of aromatic amines is 1. The van der Waals surface area contributed by atoms with Crippen molar-refractivity contribution in [3.05, 3.63) is 77.2 Å². The number of carbonyl (C=O) groups is 2. The van der Waals surface area contributed by atoms with Crippen LogP contribution in [0.5, 0.6) is 0 Å². The standard InChI is InChI=1S/C23H22N4O3/c1-14-8-10-17(11-9-14)27-16(3)22(15(2)26-27)25-21(28)13-30-23(29)19-12-24-20-7-5-4-6-18(19)20/h4-12,24H,13H2,1-3H3,(H,25,28). The predicted octanol–water partition coefficient (Wildman–Crippen LogP) is 4.07. The maximum atomic E-state index is 12.4. The highest BCUT2D eigenvalue weighted by Crippen LogP contribution is 2.23. The number of amides is 1. The van der Waals surface area contributed by atoms with Gasteiger partial charge < -0.3 is 15.0 Å². The summed E-state index contributed by atoms with van der Waals surface area (Å²) < 4.78 is 6.99. The summed E-state index contributed by atoms with van der Waals surface area (Å²) in [6, 6.07) is 15.4. The molecule has 0 aliphatic rings. The minimum absolute atomic E-state index is 0.382. The average molecular weight is 402 g/mol. The molecule has 0 unspecified atom stereocenters. The van der Waals surface area contributed by atoms with Crippen molar-refractivity contribution < 1.29 is 14.3 Å². The van der Waals surface area contributed by atoms with Gasteiger partial charge in [-0.05, 0) is 39.0 Å². The van der Waals surface area contributed by atoms with Crippen molar-refractivity contribution >= 4 is 28.5 Å². The van der Waals surface area contributed by atoms with E-state index in [0.717, 1.165) is 27.8 Å². The van der Waals surface area contributed by atoms with E-state index in [1.807, 2.05) is 69.3 Å². The minimum atomic E-state index is -0.550. The van der Waals surface area contributed by atoms with Crippen molar-refractivity contribution in [2.45, 2.75) is 20.8 Å². The highest BCUT2D eigenvalue weighted by Gasteiger charge is 2.18. The maximum Gasteiger partial charge on any atom is 0.340 e. The molecule has 2 aromatic heterocycles. The summed E-state index contributed by atoms with van der Waals surface area (Å²) in [6.45, 7) is 5.35. The van der Waals surface area contributed by atoms with Gasteiger partial charge in [-0.3, -0.25) is 4.79 Å². The Bertz CT molecular complexity index is 1240. The molecule has 0 spiro atoms. The zero-order valence-corrected chi connectivity index (χ0v) is 17.0. The lowest BCUT2D eigenvalue weighted by molar-refractivity contribution is -0.119. The molecule has 0 saturated heterocycles. The number of fused-ring (bicyclic) bond motifs is 1. The summed E-state index contributed by atoms with van der Waals surface area (Å²) in [5.74, 6) is -0.968. The molecular formula is C23H22N4O3. The Morgan fingerprint density at radius 1 is 1.07 bits per heavy atom. The number of nitrogens with zero attached hydrogens (tertiary/aromatic N) is 2. The van der Waals surface area contributed by atoms with Crippen LogP contribution in [0.3, 0.4) is 0 Å². The van der Waals surface area contributed by atoms with Crippen LogP contribution >= 0.6 is 0 Å². The molecule has 30 heavy (non-hydrogen) atoms. The van der Waals surface area contributed by atoms with Gasteiger partial charge in [0.25, 0.3) is 5.91 Å². The van der Waals surface area contributed by atoms with Crippen molar-refractivity contribution in [2.75, 3.05) is 11.9 Å². The van der Waals surface area contributed by atoms with Gasteiger partial charge in [0.2, 0.25) is 0 Å². The zero-order valence-electron chi connectivity index (χ0n) is 17.0. The van der Waals surface area contributed by atoms with Crippen molar-refractivity contribution in [2.24, 2.45) is 0 Å². The maximum absolute atomic E-state index is 12.4. The van der Waals surface area contributed by atoms with E-state index < -0.39 is 11.9 Å². The SMILES string of the molecule is Cc1ccc(-n2nc(C)c(NC(=O)COC(=O)c3c[nH]c4ccccc34)c2C)cc1. The van der Waals surface area contributed by atoms with Gasteiger partial charge in [-0.2, -0.15) is 5.10 Å². The van der Waals surface area contributed by atoms with Crippen LogP contribution in [0.1, 0.15) is 27.3 Å². The van der Waals surface area contributed by atoms with Crippen LogP contribution < -0.4 is 5.32 Å². The molecule has 0 bridgehead atoms. The monoisotopic (exact) mass is 402 g/mol. The van der Waals surface area contributed by atoms with E-state index in [4.69, 9.17) is 4.74 Å². The highest BCUT2D eigenvalue weighted by atomic mass is 16.5. The molecule has 7 heteroatoms. The smallest absolute Gasteiger partial charge is 0.340 e. The number of rotatable bonds is 5. The largest absolute Gasteiger partial charge is 0.452 e. The van der Waals surface area contributed by atoms with Crippen LogP contribution in [0.15, 0.2) is 54.7 Å². The lowest BCUT2D eigenvalue weighted by Gasteiger charge is -2.08. The van der Waals surface area contributed by atoms with Crippen LogP contribution in [0.2, 0.25) is 0 Å². The fourth-order valence-corrected chi connectivity index (χ4v) is 3.39. The van der Waals surface area contributed by atoms with Gasteiger partial charge >= 0.3 is 5.97 Å². The van der Waals surface area contributed by atoms with E-state index in [2.05, 4.69) is 15.4 Å². The number of benzene rings is 2. The molecule has 0 radical (unpaired) electrons. The second kappa shape index (κ2) is 7.87. The summed E-state index contributed by atoms with van der Waals surface area (Å²) in [5, 5.41) is 8.09. The number of anilines is 1. The first kappa shape index (κ1) is 19.4. The molecule has 0 saturated carbocycles. The second-order valence-electron chi connectivity index (χ2n) is 7.17. The van der Waals surface area contributed by atoms with Gasteiger partial charge in [0.15, 0.2) is 6.61 Å². The normalized spacial score (nSPS) is 10.9. The number of esters is 1. The van der Waals surface area contributed by atoms with E-state index in [1.54, 1.807) is 10.9 Å². The summed E-state index contributed by atoms with van der Waals surface area (Å²) in [4.78, 5) is 27.8. The molecule has 2 aromatic carbocycles. The van der Waals surface area contributed by atoms with Gasteiger partial charge in [-0.15, -0.1) is 0 Å². The van der Waals surface area contributed by atoms with Crippen LogP contribution in [-0.2, 0) is 9.53 Å². The van der Waals surface area contributed by atoms with Crippen LogP contribution in [0, 0.1) is 20.8 Å². The third kappa shape index (κ3) is 3.69. The van der Waals surface area contributed by atoms with E-state index in [-0.39, 0.29) is 6.61 Å². The van der Waals surface area contributed by atoms with Gasteiger partial charge in [0.1, 0.15) is 0 Å². The Morgan fingerprint density at radius 3 is 2.57 bits per heavy atom. The number of aryl methyl sites for hydroxylation is 2. The number of hydrogen-bond donors (Lipinski definition) is 2. The topological polar surface area (TPSA) is 89.0 Å². The Morgan fingerprint density at radius 2 is 1.80 bits per heavy atom. The molecule has 7 nitrogen and oxygen atoms in total. The van der Waals surface area contributed by atoms with Crippen molar-refractivity contribution in [1.29, 1.82) is 0 Å². The summed E-state index contributed by atoms with van der Waals surface area (Å²) in [7, 11) is 0. The van der Waals surface area contributed by atoms with E-state index in [9.17, 15) is 9.59 Å². The van der Waals surface area contributed by atoms with Crippen LogP contribution in [-0.4, -0.2) is 33.2 Å². The molecule has 0 fully saturated rings. The number of nitrogens with one attached hydrogen (secondary N) is 2. The van der Waals surface area contributed by atoms with Crippen molar-refractivity contribution in [1.82, 2.24) is 14.8 Å². The van der Waals surface area contributed by atoms with E-state index >= 15 is 0 Å². The molecule has 1 amide bonds. The zero-order chi connectivity index (χ0) is 21.3. The van der Waals surface area contributed by atoms with Crippen LogP contribution in [0.25, 0.3) is 16.6 Å². The first-order valence-electron chi connectivity index (χ1n) is 9.60. The summed E-state index contributed by atoms with van der Waals surface area (Å²) in [6.07, 6.45) is 1.59. The lowest BCUT2D eigenvalue weighted by atomic mass is 10.2. The quantitative estimate of drug-likeness (QED) is 0.493. The molecule has 0 atom stereocenters. The van der Waals surface area contributed by atoms with Crippen molar-refractivity contribution in [3.63, 3.8) is 0 Å². The molecule has 2 heterocycles. The molecule has 152 valence electrons. The second-order valence-corrected chi connectivity index (χ2v) is 7.17. The Labute approximate surface area is 173 Å². The van der Waals surface area contributed by atoms with Crippen LogP contribution in [0.4, 0.5) is 5.69 Å². The number of ether oxygens (including phenoxy) is 1.